The van der Waals surface area contributed by atoms with Crippen LogP contribution in [-0.4, -0.2) is 23.9 Å². The first-order valence-electron chi connectivity index (χ1n) is 7.85. The van der Waals surface area contributed by atoms with Crippen LogP contribution in [-0.2, 0) is 17.8 Å². The molecule has 0 bridgehead atoms. The highest BCUT2D eigenvalue weighted by molar-refractivity contribution is 5.95. The Kier molecular flexibility index (Phi) is 4.47. The Morgan fingerprint density at radius 1 is 1.00 bits per heavy atom. The van der Waals surface area contributed by atoms with Crippen LogP contribution in [0.25, 0.3) is 0 Å². The monoisotopic (exact) mass is 307 g/mol. The maximum Gasteiger partial charge on any atom is 0.249 e. The zero-order valence-electron chi connectivity index (χ0n) is 13.5. The summed E-state index contributed by atoms with van der Waals surface area (Å²) in [6.45, 7) is 2.45. The number of hydrogen-bond donors (Lipinski definition) is 0. The van der Waals surface area contributed by atoms with Gasteiger partial charge in [-0.3, -0.25) is 4.79 Å². The van der Waals surface area contributed by atoms with Gasteiger partial charge in [0.05, 0.1) is 6.04 Å². The zero-order chi connectivity index (χ0) is 16.2. The molecule has 1 aliphatic heterocycles. The van der Waals surface area contributed by atoms with Crippen LogP contribution < -0.4 is 4.74 Å². The molecule has 0 unspecified atom stereocenters. The smallest absolute Gasteiger partial charge is 0.249 e. The Morgan fingerprint density at radius 3 is 2.30 bits per heavy atom. The van der Waals surface area contributed by atoms with E-state index in [1.807, 2.05) is 50.4 Å². The second kappa shape index (κ2) is 6.69. The number of ether oxygens (including phenoxy) is 1. The maximum atomic E-state index is 11.8. The topological polar surface area (TPSA) is 29.5 Å². The molecule has 23 heavy (non-hydrogen) atoms. The highest BCUT2D eigenvalue weighted by Gasteiger charge is 2.26. The number of carbonyl (C=O) groups excluding carboxylic acids is 1. The summed E-state index contributed by atoms with van der Waals surface area (Å²) in [6.07, 6.45) is 2.88. The second-order valence-electron chi connectivity index (χ2n) is 5.96. The van der Waals surface area contributed by atoms with Crippen molar-refractivity contribution in [2.75, 3.05) is 7.05 Å². The highest BCUT2D eigenvalue weighted by atomic mass is 16.5. The summed E-state index contributed by atoms with van der Waals surface area (Å²) in [5.74, 6) is 0.984. The minimum atomic E-state index is 0.123. The van der Waals surface area contributed by atoms with Gasteiger partial charge in [-0.1, -0.05) is 48.5 Å². The summed E-state index contributed by atoms with van der Waals surface area (Å²) in [5, 5.41) is 0. The Bertz CT molecular complexity index is 704. The van der Waals surface area contributed by atoms with Crippen molar-refractivity contribution in [1.29, 1.82) is 0 Å². The summed E-state index contributed by atoms with van der Waals surface area (Å²) < 4.78 is 5.80. The molecule has 2 aromatic carbocycles. The van der Waals surface area contributed by atoms with Gasteiger partial charge in [0.2, 0.25) is 5.91 Å². The van der Waals surface area contributed by atoms with Gasteiger partial charge in [0.1, 0.15) is 12.4 Å². The molecule has 3 nitrogen and oxygen atoms in total. The van der Waals surface area contributed by atoms with Gasteiger partial charge in [-0.15, -0.1) is 0 Å². The van der Waals surface area contributed by atoms with E-state index in [9.17, 15) is 4.79 Å². The lowest BCUT2D eigenvalue weighted by Gasteiger charge is -2.19. The van der Waals surface area contributed by atoms with Crippen molar-refractivity contribution in [3.05, 3.63) is 77.4 Å². The van der Waals surface area contributed by atoms with E-state index in [1.165, 1.54) is 5.56 Å². The van der Waals surface area contributed by atoms with E-state index < -0.39 is 0 Å². The Morgan fingerprint density at radius 2 is 1.70 bits per heavy atom. The molecule has 1 amide bonds. The lowest BCUT2D eigenvalue weighted by atomic mass is 10.1. The van der Waals surface area contributed by atoms with Gasteiger partial charge >= 0.3 is 0 Å². The Balaban J connectivity index is 1.58. The molecular weight excluding hydrogens is 286 g/mol. The minimum Gasteiger partial charge on any atom is -0.489 e. The number of likely N-dealkylation sites (N-methyl/N-ethyl adjacent to an activating group) is 1. The predicted octanol–water partition coefficient (Wildman–Crippen LogP) is 3.60. The summed E-state index contributed by atoms with van der Waals surface area (Å²) in [4.78, 5) is 13.6. The van der Waals surface area contributed by atoms with Crippen LogP contribution in [0.3, 0.4) is 0 Å². The van der Waals surface area contributed by atoms with Gasteiger partial charge in [-0.2, -0.15) is 0 Å². The number of benzene rings is 2. The molecule has 0 fully saturated rings. The van der Waals surface area contributed by atoms with E-state index in [0.29, 0.717) is 6.61 Å². The van der Waals surface area contributed by atoms with E-state index in [-0.39, 0.29) is 11.9 Å². The lowest BCUT2D eigenvalue weighted by Crippen LogP contribution is -2.31. The van der Waals surface area contributed by atoms with Crippen LogP contribution in [0.15, 0.2) is 66.2 Å². The van der Waals surface area contributed by atoms with Crippen molar-refractivity contribution in [3.8, 4) is 5.75 Å². The molecule has 3 rings (SSSR count). The van der Waals surface area contributed by atoms with Crippen LogP contribution >= 0.6 is 0 Å². The van der Waals surface area contributed by atoms with Crippen LogP contribution in [0, 0.1) is 0 Å². The normalized spacial score (nSPS) is 17.3. The molecule has 2 aromatic rings. The van der Waals surface area contributed by atoms with E-state index in [4.69, 9.17) is 4.74 Å². The van der Waals surface area contributed by atoms with Gasteiger partial charge in [-0.05, 0) is 36.6 Å². The fourth-order valence-corrected chi connectivity index (χ4v) is 2.80. The van der Waals surface area contributed by atoms with Gasteiger partial charge < -0.3 is 9.64 Å². The number of hydrogen-bond acceptors (Lipinski definition) is 2. The number of amides is 1. The third kappa shape index (κ3) is 3.62. The van der Waals surface area contributed by atoms with Gasteiger partial charge in [-0.25, -0.2) is 0 Å². The quantitative estimate of drug-likeness (QED) is 0.845. The first-order chi connectivity index (χ1) is 11.1. The van der Waals surface area contributed by atoms with Gasteiger partial charge in [0.15, 0.2) is 0 Å². The molecule has 3 heteroatoms. The molecule has 0 N–H and O–H groups in total. The molecule has 0 saturated carbocycles. The van der Waals surface area contributed by atoms with Crippen molar-refractivity contribution in [2.24, 2.45) is 0 Å². The van der Waals surface area contributed by atoms with Crippen LogP contribution in [0.5, 0.6) is 5.75 Å². The predicted molar refractivity (Wildman–Crippen MR) is 91.2 cm³/mol. The minimum absolute atomic E-state index is 0.123. The number of carbonyl (C=O) groups is 1. The maximum absolute atomic E-state index is 11.8. The Labute approximate surface area is 137 Å². The molecule has 0 radical (unpaired) electrons. The number of rotatable bonds is 5. The van der Waals surface area contributed by atoms with Gasteiger partial charge in [0.25, 0.3) is 0 Å². The average Bonchev–Trinajstić information content (AvgIpc) is 2.82. The van der Waals surface area contributed by atoms with E-state index in [0.717, 1.165) is 23.3 Å². The van der Waals surface area contributed by atoms with Crippen molar-refractivity contribution in [2.45, 2.75) is 26.0 Å². The molecule has 1 heterocycles. The van der Waals surface area contributed by atoms with Crippen LogP contribution in [0.4, 0.5) is 0 Å². The average molecular weight is 307 g/mol. The zero-order valence-corrected chi connectivity index (χ0v) is 13.5. The van der Waals surface area contributed by atoms with E-state index >= 15 is 0 Å². The SMILES string of the molecule is CC1=C[C@H](Cc2ccc(OCc3ccccc3)cc2)N(C)C1=O. The standard InChI is InChI=1S/C20H21NO2/c1-15-12-18(21(2)20(15)22)13-16-8-10-19(11-9-16)23-14-17-6-4-3-5-7-17/h3-12,18H,13-14H2,1-2H3/t18-/m1/s1. The second-order valence-corrected chi connectivity index (χ2v) is 5.96. The third-order valence-corrected chi connectivity index (χ3v) is 4.21. The van der Waals surface area contributed by atoms with Crippen molar-refractivity contribution in [1.82, 2.24) is 4.90 Å². The summed E-state index contributed by atoms with van der Waals surface area (Å²) in [7, 11) is 1.86. The molecular formula is C20H21NO2. The number of nitrogens with zero attached hydrogens (tertiary/aromatic N) is 1. The molecule has 1 aliphatic rings. The molecule has 0 aliphatic carbocycles. The molecule has 0 aromatic heterocycles. The summed E-state index contributed by atoms with van der Waals surface area (Å²) >= 11 is 0. The Hall–Kier alpha value is -2.55. The first-order valence-corrected chi connectivity index (χ1v) is 7.85. The van der Waals surface area contributed by atoms with Crippen LogP contribution in [0.1, 0.15) is 18.1 Å². The van der Waals surface area contributed by atoms with Crippen LogP contribution in [0.2, 0.25) is 0 Å². The van der Waals surface area contributed by atoms with Gasteiger partial charge in [0, 0.05) is 12.6 Å². The fraction of sp³-hybridized carbons (Fsp3) is 0.250. The molecule has 118 valence electrons. The van der Waals surface area contributed by atoms with Crippen molar-refractivity contribution < 1.29 is 9.53 Å². The summed E-state index contributed by atoms with van der Waals surface area (Å²) in [5.41, 5.74) is 3.19. The largest absolute Gasteiger partial charge is 0.489 e. The summed E-state index contributed by atoms with van der Waals surface area (Å²) in [6, 6.07) is 18.4. The van der Waals surface area contributed by atoms with E-state index in [1.54, 1.807) is 4.90 Å². The highest BCUT2D eigenvalue weighted by Crippen LogP contribution is 2.21. The molecule has 1 atom stereocenters. The van der Waals surface area contributed by atoms with Crippen molar-refractivity contribution in [3.63, 3.8) is 0 Å². The van der Waals surface area contributed by atoms with E-state index in [2.05, 4.69) is 24.3 Å². The molecule has 0 saturated heterocycles. The molecule has 0 spiro atoms. The van der Waals surface area contributed by atoms with Crippen molar-refractivity contribution >= 4 is 5.91 Å². The first kappa shape index (κ1) is 15.3. The third-order valence-electron chi connectivity index (χ3n) is 4.21. The fourth-order valence-electron chi connectivity index (χ4n) is 2.80. The lowest BCUT2D eigenvalue weighted by molar-refractivity contribution is -0.125.